The lowest BCUT2D eigenvalue weighted by Crippen LogP contribution is -2.42. The first kappa shape index (κ1) is 16.6. The van der Waals surface area contributed by atoms with Crippen LogP contribution in [0.1, 0.15) is 6.42 Å². The van der Waals surface area contributed by atoms with Gasteiger partial charge in [0.15, 0.2) is 0 Å². The second kappa shape index (κ2) is 9.64. The molecule has 0 aliphatic rings. The molecule has 0 heterocycles. The summed E-state index contributed by atoms with van der Waals surface area (Å²) in [7, 11) is 2.36. The summed E-state index contributed by atoms with van der Waals surface area (Å²) < 4.78 is 21.2. The van der Waals surface area contributed by atoms with Crippen LogP contribution in [0, 0.1) is 0 Å². The molecular formula is C9H20Cl2O4Si. The molecular weight excluding hydrogens is 271 g/mol. The Morgan fingerprint density at radius 1 is 1.12 bits per heavy atom. The summed E-state index contributed by atoms with van der Waals surface area (Å²) in [6.45, 7) is 1.07. The maximum Gasteiger partial charge on any atom is 0.500 e. The van der Waals surface area contributed by atoms with Crippen molar-refractivity contribution >= 4 is 32.0 Å². The SMILES string of the molecule is CO[Si](CCCOCC(Cl)CCl)(OC)OC. The summed E-state index contributed by atoms with van der Waals surface area (Å²) in [6.07, 6.45) is 0.813. The molecule has 1 atom stereocenters. The van der Waals surface area contributed by atoms with Crippen LogP contribution in [-0.4, -0.2) is 54.6 Å². The number of hydrogen-bond donors (Lipinski definition) is 0. The topological polar surface area (TPSA) is 36.9 Å². The molecule has 0 fully saturated rings. The van der Waals surface area contributed by atoms with Gasteiger partial charge in [-0.15, -0.1) is 23.2 Å². The summed E-state index contributed by atoms with van der Waals surface area (Å²) in [5, 5.41) is -0.129. The molecule has 7 heteroatoms. The van der Waals surface area contributed by atoms with Crippen molar-refractivity contribution in [3.63, 3.8) is 0 Å². The van der Waals surface area contributed by atoms with E-state index in [0.29, 0.717) is 19.1 Å². The van der Waals surface area contributed by atoms with Crippen molar-refractivity contribution in [2.45, 2.75) is 17.8 Å². The third kappa shape index (κ3) is 6.39. The number of alkyl halides is 2. The Morgan fingerprint density at radius 2 is 1.69 bits per heavy atom. The van der Waals surface area contributed by atoms with Gasteiger partial charge in [-0.25, -0.2) is 0 Å². The first-order valence-corrected chi connectivity index (χ1v) is 7.97. The van der Waals surface area contributed by atoms with Crippen LogP contribution in [0.25, 0.3) is 0 Å². The lowest BCUT2D eigenvalue weighted by Gasteiger charge is -2.24. The predicted molar refractivity (Wildman–Crippen MR) is 67.4 cm³/mol. The van der Waals surface area contributed by atoms with Gasteiger partial charge >= 0.3 is 8.80 Å². The molecule has 98 valence electrons. The van der Waals surface area contributed by atoms with E-state index in [9.17, 15) is 0 Å². The molecule has 4 nitrogen and oxygen atoms in total. The Morgan fingerprint density at radius 3 is 2.12 bits per heavy atom. The van der Waals surface area contributed by atoms with Crippen molar-refractivity contribution in [1.82, 2.24) is 0 Å². The molecule has 0 spiro atoms. The van der Waals surface area contributed by atoms with Crippen molar-refractivity contribution in [1.29, 1.82) is 0 Å². The van der Waals surface area contributed by atoms with E-state index in [4.69, 9.17) is 41.2 Å². The number of hydrogen-bond acceptors (Lipinski definition) is 4. The highest BCUT2D eigenvalue weighted by molar-refractivity contribution is 6.60. The lowest BCUT2D eigenvalue weighted by atomic mass is 10.5. The number of ether oxygens (including phenoxy) is 1. The van der Waals surface area contributed by atoms with Gasteiger partial charge < -0.3 is 18.0 Å². The molecule has 16 heavy (non-hydrogen) atoms. The first-order valence-electron chi connectivity index (χ1n) is 5.07. The second-order valence-electron chi connectivity index (χ2n) is 3.23. The minimum atomic E-state index is -2.44. The maximum atomic E-state index is 5.79. The van der Waals surface area contributed by atoms with Gasteiger partial charge in [0.1, 0.15) is 0 Å². The highest BCUT2D eigenvalue weighted by Gasteiger charge is 2.36. The standard InChI is InChI=1S/C9H20Cl2O4Si/c1-12-16(13-2,14-3)6-4-5-15-8-9(11)7-10/h9H,4-8H2,1-3H3. The lowest BCUT2D eigenvalue weighted by molar-refractivity contribution is 0.108. The highest BCUT2D eigenvalue weighted by Crippen LogP contribution is 2.14. The van der Waals surface area contributed by atoms with Gasteiger partial charge in [0.2, 0.25) is 0 Å². The Kier molecular flexibility index (Phi) is 10.0. The summed E-state index contributed by atoms with van der Waals surface area (Å²) >= 11 is 11.3. The highest BCUT2D eigenvalue weighted by atomic mass is 35.5. The van der Waals surface area contributed by atoms with E-state index in [1.54, 1.807) is 21.3 Å². The summed E-state index contributed by atoms with van der Waals surface area (Å²) in [4.78, 5) is 0. The van der Waals surface area contributed by atoms with Crippen LogP contribution in [0.15, 0.2) is 0 Å². The van der Waals surface area contributed by atoms with Crippen molar-refractivity contribution in [2.75, 3.05) is 40.4 Å². The van der Waals surface area contributed by atoms with E-state index >= 15 is 0 Å². The Balaban J connectivity index is 3.63. The van der Waals surface area contributed by atoms with E-state index < -0.39 is 8.80 Å². The minimum Gasteiger partial charge on any atom is -0.380 e. The normalized spacial score (nSPS) is 14.1. The zero-order valence-corrected chi connectivity index (χ0v) is 12.5. The summed E-state index contributed by atoms with van der Waals surface area (Å²) in [6, 6.07) is 0.727. The Labute approximate surface area is 108 Å². The number of halogens is 2. The Bertz CT molecular complexity index is 161. The zero-order valence-electron chi connectivity index (χ0n) is 10.0. The Hall–Kier alpha value is 0.637. The molecule has 0 amide bonds. The quantitative estimate of drug-likeness (QED) is 0.351. The fraction of sp³-hybridized carbons (Fsp3) is 1.00. The molecule has 0 aromatic rings. The van der Waals surface area contributed by atoms with Crippen molar-refractivity contribution in [3.05, 3.63) is 0 Å². The smallest absolute Gasteiger partial charge is 0.380 e. The van der Waals surface area contributed by atoms with Gasteiger partial charge in [0.05, 0.1) is 12.0 Å². The molecule has 0 radical (unpaired) electrons. The molecule has 0 aliphatic carbocycles. The van der Waals surface area contributed by atoms with Crippen LogP contribution in [0.2, 0.25) is 6.04 Å². The third-order valence-corrected chi connectivity index (χ3v) is 5.81. The van der Waals surface area contributed by atoms with Gasteiger partial charge in [0.25, 0.3) is 0 Å². The maximum absolute atomic E-state index is 5.79. The van der Waals surface area contributed by atoms with Crippen molar-refractivity contribution in [3.8, 4) is 0 Å². The molecule has 0 saturated carbocycles. The summed E-state index contributed by atoms with van der Waals surface area (Å²) in [5.74, 6) is 0.397. The molecule has 0 aliphatic heterocycles. The molecule has 0 aromatic heterocycles. The van der Waals surface area contributed by atoms with Gasteiger partial charge in [-0.3, -0.25) is 0 Å². The average Bonchev–Trinajstić information content (AvgIpc) is 2.34. The van der Waals surface area contributed by atoms with Crippen LogP contribution >= 0.6 is 23.2 Å². The van der Waals surface area contributed by atoms with Gasteiger partial charge in [-0.2, -0.15) is 0 Å². The van der Waals surface area contributed by atoms with E-state index in [0.717, 1.165) is 12.5 Å². The van der Waals surface area contributed by atoms with Crippen LogP contribution in [0.3, 0.4) is 0 Å². The van der Waals surface area contributed by atoms with E-state index in [-0.39, 0.29) is 5.38 Å². The van der Waals surface area contributed by atoms with Crippen LogP contribution in [-0.2, 0) is 18.0 Å². The fourth-order valence-corrected chi connectivity index (χ4v) is 3.07. The minimum absolute atomic E-state index is 0.129. The second-order valence-corrected chi connectivity index (χ2v) is 7.24. The molecule has 0 N–H and O–H groups in total. The fourth-order valence-electron chi connectivity index (χ4n) is 1.20. The van der Waals surface area contributed by atoms with Gasteiger partial charge in [-0.05, 0) is 6.42 Å². The van der Waals surface area contributed by atoms with Gasteiger partial charge in [-0.1, -0.05) is 0 Å². The third-order valence-electron chi connectivity index (χ3n) is 2.17. The molecule has 0 bridgehead atoms. The molecule has 0 saturated heterocycles. The van der Waals surface area contributed by atoms with Crippen molar-refractivity contribution < 1.29 is 18.0 Å². The first-order chi connectivity index (χ1) is 7.64. The van der Waals surface area contributed by atoms with Crippen molar-refractivity contribution in [2.24, 2.45) is 0 Å². The zero-order chi connectivity index (χ0) is 12.4. The largest absolute Gasteiger partial charge is 0.500 e. The average molecular weight is 291 g/mol. The summed E-state index contributed by atoms with van der Waals surface area (Å²) in [5.41, 5.74) is 0. The van der Waals surface area contributed by atoms with E-state index in [1.165, 1.54) is 0 Å². The van der Waals surface area contributed by atoms with Crippen LogP contribution in [0.5, 0.6) is 0 Å². The molecule has 1 unspecified atom stereocenters. The monoisotopic (exact) mass is 290 g/mol. The van der Waals surface area contributed by atoms with E-state index in [2.05, 4.69) is 0 Å². The van der Waals surface area contributed by atoms with Crippen LogP contribution < -0.4 is 0 Å². The predicted octanol–water partition coefficient (Wildman–Crippen LogP) is 2.12. The molecule has 0 aromatic carbocycles. The molecule has 0 rings (SSSR count). The van der Waals surface area contributed by atoms with E-state index in [1.807, 2.05) is 0 Å². The van der Waals surface area contributed by atoms with Gasteiger partial charge in [0, 0.05) is 39.9 Å². The number of rotatable bonds is 10. The van der Waals surface area contributed by atoms with Crippen LogP contribution in [0.4, 0.5) is 0 Å².